The third kappa shape index (κ3) is 2.82. The fourth-order valence-electron chi connectivity index (χ4n) is 2.17. The Bertz CT molecular complexity index is 553. The summed E-state index contributed by atoms with van der Waals surface area (Å²) < 4.78 is 18.0. The summed E-state index contributed by atoms with van der Waals surface area (Å²) in [5, 5.41) is 2.86. The Labute approximate surface area is 117 Å². The average molecular weight is 278 g/mol. The van der Waals surface area contributed by atoms with Crippen LogP contribution in [0.25, 0.3) is 0 Å². The minimum atomic E-state index is -0.158. The SMILES string of the molecule is CC1(C)CNC(=O)c2ccc(OC/C(=C/F)CN)cc21. The lowest BCUT2D eigenvalue weighted by Gasteiger charge is -2.32. The fourth-order valence-corrected chi connectivity index (χ4v) is 2.17. The van der Waals surface area contributed by atoms with Gasteiger partial charge in [-0.25, -0.2) is 4.39 Å². The van der Waals surface area contributed by atoms with Gasteiger partial charge in [-0.05, 0) is 23.8 Å². The number of hydrogen-bond acceptors (Lipinski definition) is 3. The molecule has 2 rings (SSSR count). The molecule has 0 aliphatic carbocycles. The van der Waals surface area contributed by atoms with Gasteiger partial charge in [0.2, 0.25) is 0 Å². The van der Waals surface area contributed by atoms with Crippen LogP contribution in [0.5, 0.6) is 5.75 Å². The Morgan fingerprint density at radius 2 is 2.30 bits per heavy atom. The zero-order valence-corrected chi connectivity index (χ0v) is 11.7. The molecule has 0 unspecified atom stereocenters. The smallest absolute Gasteiger partial charge is 0.251 e. The minimum Gasteiger partial charge on any atom is -0.489 e. The van der Waals surface area contributed by atoms with Crippen LogP contribution in [0.1, 0.15) is 29.8 Å². The molecule has 0 aromatic heterocycles. The third-order valence-electron chi connectivity index (χ3n) is 3.50. The van der Waals surface area contributed by atoms with Crippen LogP contribution in [0.3, 0.4) is 0 Å². The van der Waals surface area contributed by atoms with Crippen LogP contribution < -0.4 is 15.8 Å². The van der Waals surface area contributed by atoms with Crippen molar-refractivity contribution in [3.8, 4) is 5.75 Å². The van der Waals surface area contributed by atoms with Crippen LogP contribution >= 0.6 is 0 Å². The number of fused-ring (bicyclic) bond motifs is 1. The molecule has 1 amide bonds. The summed E-state index contributed by atoms with van der Waals surface area (Å²) in [5.41, 5.74) is 7.21. The molecule has 1 aromatic carbocycles. The van der Waals surface area contributed by atoms with Gasteiger partial charge in [0.1, 0.15) is 12.4 Å². The van der Waals surface area contributed by atoms with Gasteiger partial charge in [-0.3, -0.25) is 4.79 Å². The number of ether oxygens (including phenoxy) is 1. The van der Waals surface area contributed by atoms with E-state index >= 15 is 0 Å². The van der Waals surface area contributed by atoms with Crippen molar-refractivity contribution in [2.24, 2.45) is 5.73 Å². The van der Waals surface area contributed by atoms with Crippen molar-refractivity contribution >= 4 is 5.91 Å². The van der Waals surface area contributed by atoms with E-state index in [1.165, 1.54) is 0 Å². The number of nitrogens with two attached hydrogens (primary N) is 1. The molecule has 5 heteroatoms. The van der Waals surface area contributed by atoms with Gasteiger partial charge >= 0.3 is 0 Å². The van der Waals surface area contributed by atoms with Gasteiger partial charge in [0.05, 0.1) is 6.33 Å². The van der Waals surface area contributed by atoms with Crippen molar-refractivity contribution in [2.45, 2.75) is 19.3 Å². The number of carbonyl (C=O) groups is 1. The van der Waals surface area contributed by atoms with E-state index in [0.717, 1.165) is 5.56 Å². The number of benzene rings is 1. The normalized spacial score (nSPS) is 17.4. The first-order chi connectivity index (χ1) is 9.47. The molecule has 1 heterocycles. The van der Waals surface area contributed by atoms with Gasteiger partial charge in [-0.2, -0.15) is 0 Å². The van der Waals surface area contributed by atoms with E-state index in [0.29, 0.717) is 29.8 Å². The van der Waals surface area contributed by atoms with Crippen LogP contribution in [-0.4, -0.2) is 25.6 Å². The van der Waals surface area contributed by atoms with Crippen LogP contribution in [0, 0.1) is 0 Å². The highest BCUT2D eigenvalue weighted by molar-refractivity contribution is 5.97. The number of hydrogen-bond donors (Lipinski definition) is 2. The van der Waals surface area contributed by atoms with Crippen molar-refractivity contribution in [3.63, 3.8) is 0 Å². The lowest BCUT2D eigenvalue weighted by Crippen LogP contribution is -2.43. The summed E-state index contributed by atoms with van der Waals surface area (Å²) >= 11 is 0. The first-order valence-corrected chi connectivity index (χ1v) is 6.51. The zero-order valence-electron chi connectivity index (χ0n) is 11.7. The van der Waals surface area contributed by atoms with Crippen molar-refractivity contribution in [1.29, 1.82) is 0 Å². The van der Waals surface area contributed by atoms with Gasteiger partial charge in [-0.1, -0.05) is 13.8 Å². The van der Waals surface area contributed by atoms with Crippen molar-refractivity contribution in [2.75, 3.05) is 19.7 Å². The maximum Gasteiger partial charge on any atom is 0.251 e. The predicted octanol–water partition coefficient (Wildman–Crippen LogP) is 1.90. The summed E-state index contributed by atoms with van der Waals surface area (Å²) in [4.78, 5) is 11.8. The molecule has 4 nitrogen and oxygen atoms in total. The van der Waals surface area contributed by atoms with E-state index < -0.39 is 0 Å². The van der Waals surface area contributed by atoms with Gasteiger partial charge < -0.3 is 15.8 Å². The van der Waals surface area contributed by atoms with Crippen LogP contribution in [0.15, 0.2) is 30.1 Å². The Hall–Kier alpha value is -1.88. The standard InChI is InChI=1S/C15H19FN2O2/c1-15(2)9-18-14(19)12-4-3-11(5-13(12)15)20-8-10(6-16)7-17/h3-6H,7-9,17H2,1-2H3,(H,18,19)/b10-6+. The number of carbonyl (C=O) groups excluding carboxylic acids is 1. The summed E-state index contributed by atoms with van der Waals surface area (Å²) in [6.45, 7) is 4.93. The molecule has 108 valence electrons. The molecule has 1 aliphatic rings. The largest absolute Gasteiger partial charge is 0.489 e. The summed E-state index contributed by atoms with van der Waals surface area (Å²) in [6, 6.07) is 5.30. The zero-order chi connectivity index (χ0) is 14.8. The maximum atomic E-state index is 12.4. The molecule has 1 aromatic rings. The molecule has 20 heavy (non-hydrogen) atoms. The number of halogens is 1. The lowest BCUT2D eigenvalue weighted by atomic mass is 9.79. The molecule has 0 radical (unpaired) electrons. The molecule has 0 saturated carbocycles. The average Bonchev–Trinajstić information content (AvgIpc) is 2.44. The second-order valence-corrected chi connectivity index (χ2v) is 5.53. The molecular weight excluding hydrogens is 259 g/mol. The monoisotopic (exact) mass is 278 g/mol. The quantitative estimate of drug-likeness (QED) is 0.884. The molecule has 0 bridgehead atoms. The van der Waals surface area contributed by atoms with Gasteiger partial charge in [-0.15, -0.1) is 0 Å². The molecule has 0 saturated heterocycles. The Kier molecular flexibility index (Phi) is 4.09. The highest BCUT2D eigenvalue weighted by atomic mass is 19.1. The van der Waals surface area contributed by atoms with Crippen LogP contribution in [0.2, 0.25) is 0 Å². The molecule has 3 N–H and O–H groups in total. The Morgan fingerprint density at radius 3 is 2.95 bits per heavy atom. The van der Waals surface area contributed by atoms with Crippen LogP contribution in [-0.2, 0) is 5.41 Å². The van der Waals surface area contributed by atoms with E-state index in [4.69, 9.17) is 10.5 Å². The van der Waals surface area contributed by atoms with E-state index in [2.05, 4.69) is 19.2 Å². The Morgan fingerprint density at radius 1 is 1.55 bits per heavy atom. The summed E-state index contributed by atoms with van der Waals surface area (Å²) in [7, 11) is 0. The van der Waals surface area contributed by atoms with E-state index in [1.54, 1.807) is 12.1 Å². The Balaban J connectivity index is 2.24. The molecular formula is C15H19FN2O2. The van der Waals surface area contributed by atoms with Gasteiger partial charge in [0.25, 0.3) is 5.91 Å². The van der Waals surface area contributed by atoms with Crippen molar-refractivity contribution in [3.05, 3.63) is 41.2 Å². The minimum absolute atomic E-state index is 0.0721. The molecule has 0 fully saturated rings. The fraction of sp³-hybridized carbons (Fsp3) is 0.400. The van der Waals surface area contributed by atoms with Gasteiger partial charge in [0.15, 0.2) is 0 Å². The number of rotatable bonds is 4. The highest BCUT2D eigenvalue weighted by Crippen LogP contribution is 2.32. The first kappa shape index (κ1) is 14.5. The highest BCUT2D eigenvalue weighted by Gasteiger charge is 2.31. The number of nitrogens with one attached hydrogen (secondary N) is 1. The molecule has 0 atom stereocenters. The number of amides is 1. The van der Waals surface area contributed by atoms with E-state index in [9.17, 15) is 9.18 Å². The predicted molar refractivity (Wildman–Crippen MR) is 75.5 cm³/mol. The summed E-state index contributed by atoms with van der Waals surface area (Å²) in [5.74, 6) is 0.538. The third-order valence-corrected chi connectivity index (χ3v) is 3.50. The van der Waals surface area contributed by atoms with Crippen molar-refractivity contribution in [1.82, 2.24) is 5.32 Å². The maximum absolute atomic E-state index is 12.4. The molecule has 0 spiro atoms. The topological polar surface area (TPSA) is 64.3 Å². The second kappa shape index (κ2) is 5.63. The van der Waals surface area contributed by atoms with Crippen LogP contribution in [0.4, 0.5) is 4.39 Å². The second-order valence-electron chi connectivity index (χ2n) is 5.53. The lowest BCUT2D eigenvalue weighted by molar-refractivity contribution is 0.0929. The van der Waals surface area contributed by atoms with E-state index in [-0.39, 0.29) is 24.5 Å². The van der Waals surface area contributed by atoms with E-state index in [1.807, 2.05) is 6.07 Å². The van der Waals surface area contributed by atoms with Crippen molar-refractivity contribution < 1.29 is 13.9 Å². The van der Waals surface area contributed by atoms with Gasteiger partial charge in [0, 0.05) is 29.6 Å². The molecule has 1 aliphatic heterocycles. The summed E-state index contributed by atoms with van der Waals surface area (Å²) in [6.07, 6.45) is 0.468. The first-order valence-electron chi connectivity index (χ1n) is 6.51.